The van der Waals surface area contributed by atoms with E-state index in [9.17, 15) is 9.59 Å². The third-order valence-corrected chi connectivity index (χ3v) is 6.34. The number of aryl methyl sites for hydroxylation is 2. The minimum atomic E-state index is -0.391. The summed E-state index contributed by atoms with van der Waals surface area (Å²) in [5, 5.41) is 0.695. The van der Waals surface area contributed by atoms with Gasteiger partial charge in [0.15, 0.2) is 0 Å². The lowest BCUT2D eigenvalue weighted by molar-refractivity contribution is -0.144. The van der Waals surface area contributed by atoms with Crippen molar-refractivity contribution in [3.05, 3.63) is 51.1 Å². The van der Waals surface area contributed by atoms with E-state index in [0.29, 0.717) is 17.8 Å². The summed E-state index contributed by atoms with van der Waals surface area (Å²) in [6.45, 7) is 2.32. The van der Waals surface area contributed by atoms with Crippen molar-refractivity contribution in [3.8, 4) is 11.4 Å². The monoisotopic (exact) mass is 396 g/mol. The number of fused-ring (bicyclic) bond motifs is 3. The van der Waals surface area contributed by atoms with E-state index in [1.165, 1.54) is 9.44 Å². The number of aromatic nitrogens is 2. The predicted octanol–water partition coefficient (Wildman–Crippen LogP) is 4.35. The Morgan fingerprint density at radius 1 is 1.21 bits per heavy atom. The Hall–Kier alpha value is -2.47. The van der Waals surface area contributed by atoms with E-state index in [2.05, 4.69) is 0 Å². The van der Waals surface area contributed by atoms with Crippen molar-refractivity contribution in [1.29, 1.82) is 0 Å². The molecule has 1 aromatic carbocycles. The predicted molar refractivity (Wildman–Crippen MR) is 112 cm³/mol. The quantitative estimate of drug-likeness (QED) is 0.459. The average Bonchev–Trinajstić information content (AvgIpc) is 3.09. The molecule has 0 unspecified atom stereocenters. The molecule has 28 heavy (non-hydrogen) atoms. The molecule has 2 aromatic heterocycles. The second kappa shape index (κ2) is 8.27. The number of carbonyl (C=O) groups is 1. The minimum Gasteiger partial charge on any atom is -0.464 e. The fraction of sp³-hybridized carbons (Fsp3) is 0.409. The second-order valence-corrected chi connectivity index (χ2v) is 8.24. The highest BCUT2D eigenvalue weighted by molar-refractivity contribution is 7.18. The SMILES string of the molecule is CCCCOC(=O)Cn1c(-c2ccccc2)nc2sc3c(c2c1=O)CCCC3. The van der Waals surface area contributed by atoms with Crippen LogP contribution in [0.5, 0.6) is 0 Å². The van der Waals surface area contributed by atoms with Crippen molar-refractivity contribution in [2.45, 2.75) is 52.0 Å². The summed E-state index contributed by atoms with van der Waals surface area (Å²) < 4.78 is 6.81. The van der Waals surface area contributed by atoms with E-state index in [1.807, 2.05) is 37.3 Å². The smallest absolute Gasteiger partial charge is 0.326 e. The molecule has 0 radical (unpaired) electrons. The van der Waals surface area contributed by atoms with E-state index in [4.69, 9.17) is 9.72 Å². The third-order valence-electron chi connectivity index (χ3n) is 5.15. The van der Waals surface area contributed by atoms with Gasteiger partial charge in [-0.2, -0.15) is 0 Å². The first-order valence-electron chi connectivity index (χ1n) is 9.95. The van der Waals surface area contributed by atoms with Gasteiger partial charge in [-0.3, -0.25) is 14.2 Å². The fourth-order valence-electron chi connectivity index (χ4n) is 3.70. The van der Waals surface area contributed by atoms with Gasteiger partial charge < -0.3 is 4.74 Å². The number of ether oxygens (including phenoxy) is 1. The molecule has 0 N–H and O–H groups in total. The van der Waals surface area contributed by atoms with Crippen LogP contribution in [0.4, 0.5) is 0 Å². The number of unbranched alkanes of at least 4 members (excludes halogenated alkanes) is 1. The maximum absolute atomic E-state index is 13.4. The van der Waals surface area contributed by atoms with E-state index in [0.717, 1.165) is 54.5 Å². The molecule has 1 aliphatic rings. The number of hydrogen-bond donors (Lipinski definition) is 0. The molecule has 0 atom stereocenters. The Morgan fingerprint density at radius 2 is 2.00 bits per heavy atom. The van der Waals surface area contributed by atoms with Crippen LogP contribution in [-0.4, -0.2) is 22.1 Å². The van der Waals surface area contributed by atoms with Gasteiger partial charge in [-0.25, -0.2) is 4.98 Å². The zero-order chi connectivity index (χ0) is 19.5. The lowest BCUT2D eigenvalue weighted by Gasteiger charge is -2.14. The van der Waals surface area contributed by atoms with Crippen LogP contribution in [0.3, 0.4) is 0 Å². The fourth-order valence-corrected chi connectivity index (χ4v) is 4.95. The first kappa shape index (κ1) is 18.9. The van der Waals surface area contributed by atoms with Gasteiger partial charge in [0.25, 0.3) is 5.56 Å². The summed E-state index contributed by atoms with van der Waals surface area (Å²) in [6, 6.07) is 9.58. The van der Waals surface area contributed by atoms with Gasteiger partial charge in [-0.15, -0.1) is 11.3 Å². The molecule has 3 aromatic rings. The normalized spacial score (nSPS) is 13.5. The molecule has 2 heterocycles. The van der Waals surface area contributed by atoms with Crippen LogP contribution in [0.1, 0.15) is 43.0 Å². The Bertz CT molecular complexity index is 1050. The van der Waals surface area contributed by atoms with E-state index in [1.54, 1.807) is 11.3 Å². The largest absolute Gasteiger partial charge is 0.464 e. The van der Waals surface area contributed by atoms with Gasteiger partial charge in [0, 0.05) is 10.4 Å². The van der Waals surface area contributed by atoms with Gasteiger partial charge in [0.1, 0.15) is 17.2 Å². The van der Waals surface area contributed by atoms with Gasteiger partial charge in [-0.1, -0.05) is 43.7 Å². The standard InChI is InChI=1S/C22H24N2O3S/c1-2-3-13-27-18(25)14-24-20(15-9-5-4-6-10-15)23-21-19(22(24)26)16-11-7-8-12-17(16)28-21/h4-6,9-10H,2-3,7-8,11-14H2,1H3. The summed E-state index contributed by atoms with van der Waals surface area (Å²) in [5.41, 5.74) is 1.83. The summed E-state index contributed by atoms with van der Waals surface area (Å²) in [7, 11) is 0. The molecule has 0 aliphatic heterocycles. The third kappa shape index (κ3) is 3.61. The zero-order valence-corrected chi connectivity index (χ0v) is 16.9. The molecule has 1 aliphatic carbocycles. The molecule has 4 rings (SSSR count). The Kier molecular flexibility index (Phi) is 5.57. The van der Waals surface area contributed by atoms with Gasteiger partial charge in [0.2, 0.25) is 0 Å². The number of nitrogens with zero attached hydrogens (tertiary/aromatic N) is 2. The Morgan fingerprint density at radius 3 is 2.79 bits per heavy atom. The molecular weight excluding hydrogens is 372 g/mol. The molecule has 0 fully saturated rings. The zero-order valence-electron chi connectivity index (χ0n) is 16.1. The van der Waals surface area contributed by atoms with E-state index < -0.39 is 5.97 Å². The summed E-state index contributed by atoms with van der Waals surface area (Å²) in [6.07, 6.45) is 5.95. The number of thiophene rings is 1. The second-order valence-electron chi connectivity index (χ2n) is 7.16. The molecule has 5 nitrogen and oxygen atoms in total. The minimum absolute atomic E-state index is 0.111. The lowest BCUT2D eigenvalue weighted by Crippen LogP contribution is -2.28. The molecule has 0 saturated carbocycles. The molecule has 0 bridgehead atoms. The summed E-state index contributed by atoms with van der Waals surface area (Å²) >= 11 is 1.63. The maximum Gasteiger partial charge on any atom is 0.326 e. The summed E-state index contributed by atoms with van der Waals surface area (Å²) in [4.78, 5) is 32.7. The molecule has 146 valence electrons. The number of hydrogen-bond acceptors (Lipinski definition) is 5. The first-order chi connectivity index (χ1) is 13.7. The van der Waals surface area contributed by atoms with Crippen LogP contribution in [0, 0.1) is 0 Å². The summed E-state index contributed by atoms with van der Waals surface area (Å²) in [5.74, 6) is 0.141. The van der Waals surface area contributed by atoms with Crippen molar-refractivity contribution in [3.63, 3.8) is 0 Å². The lowest BCUT2D eigenvalue weighted by atomic mass is 9.97. The number of esters is 1. The van der Waals surface area contributed by atoms with Crippen molar-refractivity contribution < 1.29 is 9.53 Å². The van der Waals surface area contributed by atoms with Crippen LogP contribution < -0.4 is 5.56 Å². The van der Waals surface area contributed by atoms with Crippen LogP contribution in [0.15, 0.2) is 35.1 Å². The van der Waals surface area contributed by atoms with Crippen LogP contribution in [-0.2, 0) is 28.9 Å². The number of carbonyl (C=O) groups excluding carboxylic acids is 1. The van der Waals surface area contributed by atoms with Crippen molar-refractivity contribution in [1.82, 2.24) is 9.55 Å². The molecule has 0 amide bonds. The van der Waals surface area contributed by atoms with Crippen LogP contribution in [0.2, 0.25) is 0 Å². The van der Waals surface area contributed by atoms with Crippen LogP contribution >= 0.6 is 11.3 Å². The highest BCUT2D eigenvalue weighted by atomic mass is 32.1. The molecule has 0 saturated heterocycles. The van der Waals surface area contributed by atoms with Crippen molar-refractivity contribution >= 4 is 27.5 Å². The Labute approximate surface area is 168 Å². The Balaban J connectivity index is 1.83. The van der Waals surface area contributed by atoms with E-state index in [-0.39, 0.29) is 12.1 Å². The molecule has 0 spiro atoms. The van der Waals surface area contributed by atoms with Crippen molar-refractivity contribution in [2.24, 2.45) is 0 Å². The molecular formula is C22H24N2O3S. The van der Waals surface area contributed by atoms with Gasteiger partial charge in [-0.05, 0) is 37.7 Å². The van der Waals surface area contributed by atoms with Crippen molar-refractivity contribution in [2.75, 3.05) is 6.61 Å². The van der Waals surface area contributed by atoms with E-state index >= 15 is 0 Å². The molecule has 6 heteroatoms. The number of rotatable bonds is 6. The van der Waals surface area contributed by atoms with Gasteiger partial charge >= 0.3 is 5.97 Å². The topological polar surface area (TPSA) is 61.2 Å². The average molecular weight is 397 g/mol. The number of benzene rings is 1. The highest BCUT2D eigenvalue weighted by Crippen LogP contribution is 2.34. The maximum atomic E-state index is 13.4. The van der Waals surface area contributed by atoms with Crippen LogP contribution in [0.25, 0.3) is 21.6 Å². The first-order valence-corrected chi connectivity index (χ1v) is 10.8. The highest BCUT2D eigenvalue weighted by Gasteiger charge is 2.23. The van der Waals surface area contributed by atoms with Gasteiger partial charge in [0.05, 0.1) is 12.0 Å².